The van der Waals surface area contributed by atoms with Gasteiger partial charge in [-0.3, -0.25) is 9.31 Å². The second kappa shape index (κ2) is 2.74. The number of nitriles is 1. The first-order chi connectivity index (χ1) is 6.66. The molecule has 2 aromatic rings. The van der Waals surface area contributed by atoms with Crippen molar-refractivity contribution in [1.29, 1.82) is 5.26 Å². The minimum absolute atomic E-state index is 0.205. The van der Waals surface area contributed by atoms with Crippen molar-refractivity contribution < 1.29 is 0 Å². The van der Waals surface area contributed by atoms with Gasteiger partial charge in [-0.05, 0) is 19.1 Å². The lowest BCUT2D eigenvalue weighted by Gasteiger charge is -2.02. The second-order valence-electron chi connectivity index (χ2n) is 3.18. The normalized spacial score (nSPS) is 10.4. The summed E-state index contributed by atoms with van der Waals surface area (Å²) in [4.78, 5) is 11.6. The highest BCUT2D eigenvalue weighted by molar-refractivity contribution is 5.60. The molecule has 70 valence electrons. The van der Waals surface area contributed by atoms with Crippen LogP contribution in [0, 0.1) is 18.3 Å². The Morgan fingerprint density at radius 2 is 2.14 bits per heavy atom. The molecule has 0 radical (unpaired) electrons. The van der Waals surface area contributed by atoms with Gasteiger partial charge in [-0.15, -0.1) is 0 Å². The van der Waals surface area contributed by atoms with E-state index >= 15 is 0 Å². The first kappa shape index (κ1) is 8.57. The van der Waals surface area contributed by atoms with Crippen LogP contribution in [0.25, 0.3) is 5.52 Å². The summed E-state index contributed by atoms with van der Waals surface area (Å²) in [6, 6.07) is 7.44. The predicted molar refractivity (Wildman–Crippen MR) is 52.1 cm³/mol. The first-order valence-electron chi connectivity index (χ1n) is 4.24. The van der Waals surface area contributed by atoms with E-state index in [0.29, 0.717) is 5.52 Å². The van der Waals surface area contributed by atoms with Crippen LogP contribution in [0.15, 0.2) is 23.0 Å². The van der Waals surface area contributed by atoms with Crippen LogP contribution in [0.4, 0.5) is 0 Å². The minimum atomic E-state index is -0.248. The summed E-state index contributed by atoms with van der Waals surface area (Å²) in [5.74, 6) is 0. The van der Waals surface area contributed by atoms with Crippen molar-refractivity contribution in [2.24, 2.45) is 7.05 Å². The number of hydrogen-bond donors (Lipinski definition) is 0. The smallest absolute Gasteiger partial charge is 0.266 e. The number of aryl methyl sites for hydroxylation is 2. The van der Waals surface area contributed by atoms with Gasteiger partial charge in [0.25, 0.3) is 5.56 Å². The molecule has 0 bridgehead atoms. The molecule has 0 saturated carbocycles. The van der Waals surface area contributed by atoms with E-state index in [-0.39, 0.29) is 11.1 Å². The molecule has 0 atom stereocenters. The molecule has 0 N–H and O–H groups in total. The molecular weight excluding hydrogens is 178 g/mol. The SMILES string of the molecule is Cc1cccc2c(C#N)c(=O)n(C)n12. The summed E-state index contributed by atoms with van der Waals surface area (Å²) in [6.07, 6.45) is 0. The molecule has 0 spiro atoms. The maximum atomic E-state index is 11.6. The Kier molecular flexibility index (Phi) is 1.68. The fourth-order valence-corrected chi connectivity index (χ4v) is 1.66. The van der Waals surface area contributed by atoms with Crippen LogP contribution in [0.1, 0.15) is 11.3 Å². The van der Waals surface area contributed by atoms with Crippen molar-refractivity contribution in [3.63, 3.8) is 0 Å². The van der Waals surface area contributed by atoms with Gasteiger partial charge in [-0.2, -0.15) is 5.26 Å². The van der Waals surface area contributed by atoms with Crippen molar-refractivity contribution in [3.8, 4) is 6.07 Å². The topological polar surface area (TPSA) is 50.2 Å². The van der Waals surface area contributed by atoms with E-state index in [0.717, 1.165) is 5.69 Å². The Morgan fingerprint density at radius 1 is 1.43 bits per heavy atom. The van der Waals surface area contributed by atoms with Gasteiger partial charge in [0.1, 0.15) is 11.6 Å². The number of pyridine rings is 1. The number of nitrogens with zero attached hydrogens (tertiary/aromatic N) is 3. The molecule has 2 aromatic heterocycles. The molecule has 0 aliphatic heterocycles. The highest BCUT2D eigenvalue weighted by Crippen LogP contribution is 2.08. The lowest BCUT2D eigenvalue weighted by Crippen LogP contribution is -2.17. The van der Waals surface area contributed by atoms with Crippen LogP contribution >= 0.6 is 0 Å². The van der Waals surface area contributed by atoms with Crippen LogP contribution in [0.2, 0.25) is 0 Å². The first-order valence-corrected chi connectivity index (χ1v) is 4.24. The monoisotopic (exact) mass is 187 g/mol. The van der Waals surface area contributed by atoms with Crippen molar-refractivity contribution in [2.75, 3.05) is 0 Å². The summed E-state index contributed by atoms with van der Waals surface area (Å²) < 4.78 is 3.18. The van der Waals surface area contributed by atoms with Crippen molar-refractivity contribution in [3.05, 3.63) is 39.8 Å². The van der Waals surface area contributed by atoms with Crippen LogP contribution in [-0.4, -0.2) is 9.20 Å². The molecule has 0 aliphatic carbocycles. The fraction of sp³-hybridized carbons (Fsp3) is 0.200. The van der Waals surface area contributed by atoms with Gasteiger partial charge in [0.15, 0.2) is 0 Å². The minimum Gasteiger partial charge on any atom is -0.266 e. The molecule has 0 amide bonds. The van der Waals surface area contributed by atoms with E-state index in [1.807, 2.05) is 25.1 Å². The zero-order chi connectivity index (χ0) is 10.3. The molecule has 2 heterocycles. The maximum Gasteiger partial charge on any atom is 0.285 e. The summed E-state index contributed by atoms with van der Waals surface area (Å²) >= 11 is 0. The van der Waals surface area contributed by atoms with Crippen molar-refractivity contribution in [2.45, 2.75) is 6.92 Å². The second-order valence-corrected chi connectivity index (χ2v) is 3.18. The molecule has 4 nitrogen and oxygen atoms in total. The quantitative estimate of drug-likeness (QED) is 0.613. The van der Waals surface area contributed by atoms with Gasteiger partial charge in [0, 0.05) is 12.7 Å². The van der Waals surface area contributed by atoms with Gasteiger partial charge in [0.2, 0.25) is 0 Å². The van der Waals surface area contributed by atoms with Crippen LogP contribution < -0.4 is 5.56 Å². The third-order valence-corrected chi connectivity index (χ3v) is 2.33. The zero-order valence-electron chi connectivity index (χ0n) is 7.98. The highest BCUT2D eigenvalue weighted by Gasteiger charge is 2.11. The Bertz CT molecular complexity index is 598. The van der Waals surface area contributed by atoms with E-state index in [9.17, 15) is 4.79 Å². The van der Waals surface area contributed by atoms with Gasteiger partial charge in [0.05, 0.1) is 5.52 Å². The highest BCUT2D eigenvalue weighted by atomic mass is 16.1. The van der Waals surface area contributed by atoms with Gasteiger partial charge in [-0.25, -0.2) is 4.68 Å². The van der Waals surface area contributed by atoms with E-state index in [4.69, 9.17) is 5.26 Å². The van der Waals surface area contributed by atoms with E-state index in [1.165, 1.54) is 4.68 Å². The number of aromatic nitrogens is 2. The Hall–Kier alpha value is -2.02. The van der Waals surface area contributed by atoms with Crippen LogP contribution in [-0.2, 0) is 7.05 Å². The maximum absolute atomic E-state index is 11.6. The molecule has 2 rings (SSSR count). The fourth-order valence-electron chi connectivity index (χ4n) is 1.66. The Balaban J connectivity index is 3.13. The van der Waals surface area contributed by atoms with Crippen molar-refractivity contribution >= 4 is 5.52 Å². The van der Waals surface area contributed by atoms with E-state index in [2.05, 4.69) is 0 Å². The average Bonchev–Trinajstić information content (AvgIpc) is 2.41. The Labute approximate surface area is 80.6 Å². The average molecular weight is 187 g/mol. The van der Waals surface area contributed by atoms with Gasteiger partial charge >= 0.3 is 0 Å². The largest absolute Gasteiger partial charge is 0.285 e. The summed E-state index contributed by atoms with van der Waals surface area (Å²) in [7, 11) is 1.66. The number of hydrogen-bond acceptors (Lipinski definition) is 2. The molecule has 0 fully saturated rings. The van der Waals surface area contributed by atoms with Crippen LogP contribution in [0.5, 0.6) is 0 Å². The van der Waals surface area contributed by atoms with Crippen LogP contribution in [0.3, 0.4) is 0 Å². The number of rotatable bonds is 0. The molecule has 0 unspecified atom stereocenters. The zero-order valence-corrected chi connectivity index (χ0v) is 7.98. The summed E-state index contributed by atoms with van der Waals surface area (Å²) in [5.41, 5.74) is 1.56. The van der Waals surface area contributed by atoms with Gasteiger partial charge in [-0.1, -0.05) is 6.07 Å². The summed E-state index contributed by atoms with van der Waals surface area (Å²) in [5, 5.41) is 8.84. The van der Waals surface area contributed by atoms with Crippen molar-refractivity contribution in [1.82, 2.24) is 9.20 Å². The molecule has 0 aromatic carbocycles. The Morgan fingerprint density at radius 3 is 2.79 bits per heavy atom. The lowest BCUT2D eigenvalue weighted by atomic mass is 10.2. The van der Waals surface area contributed by atoms with E-state index < -0.39 is 0 Å². The number of fused-ring (bicyclic) bond motifs is 1. The molecule has 14 heavy (non-hydrogen) atoms. The molecule has 0 saturated heterocycles. The lowest BCUT2D eigenvalue weighted by molar-refractivity contribution is 0.665. The standard InChI is InChI=1S/C10H9N3O/c1-7-4-3-5-9-8(6-11)10(14)12(2)13(7)9/h3-5H,1-2H3. The summed E-state index contributed by atoms with van der Waals surface area (Å²) in [6.45, 7) is 1.90. The third kappa shape index (κ3) is 0.895. The van der Waals surface area contributed by atoms with Gasteiger partial charge < -0.3 is 0 Å². The third-order valence-electron chi connectivity index (χ3n) is 2.33. The molecule has 4 heteroatoms. The van der Waals surface area contributed by atoms with E-state index in [1.54, 1.807) is 17.6 Å². The molecular formula is C10H9N3O. The molecule has 0 aliphatic rings. The predicted octanol–water partition coefficient (Wildman–Crippen LogP) is 0.818.